The first-order valence-corrected chi connectivity index (χ1v) is 7.41. The lowest BCUT2D eigenvalue weighted by atomic mass is 10.1. The monoisotopic (exact) mass is 390 g/mol. The molecule has 1 aromatic rings. The summed E-state index contributed by atoms with van der Waals surface area (Å²) in [7, 11) is 0. The molecule has 0 saturated heterocycles. The minimum atomic E-state index is -4.95. The first-order valence-electron chi connectivity index (χ1n) is 7.41. The highest BCUT2D eigenvalue weighted by atomic mass is 19.4. The van der Waals surface area contributed by atoms with E-state index < -0.39 is 46.0 Å². The van der Waals surface area contributed by atoms with Crippen molar-refractivity contribution in [2.24, 2.45) is 0 Å². The number of ether oxygens (including phenoxy) is 3. The van der Waals surface area contributed by atoms with Gasteiger partial charge in [-0.2, -0.15) is 13.2 Å². The standard InChI is InChI=1S/C15H13F3N2O7/c1-8(27-14(22)12-7-25-4-5-26-12)13(21)19-11-3-2-9(20(23)24)6-10(11)15(16,17)18/h2-3,6-8H,4-5H2,1H3,(H,19,21). The molecule has 0 bridgehead atoms. The lowest BCUT2D eigenvalue weighted by Crippen LogP contribution is -2.32. The van der Waals surface area contributed by atoms with Gasteiger partial charge in [-0.3, -0.25) is 14.9 Å². The van der Waals surface area contributed by atoms with Crippen LogP contribution in [0.25, 0.3) is 0 Å². The molecule has 1 aliphatic heterocycles. The normalized spacial score (nSPS) is 14.9. The molecule has 0 aromatic heterocycles. The smallest absolute Gasteiger partial charge is 0.418 e. The Balaban J connectivity index is 2.13. The SMILES string of the molecule is CC(OC(=O)C1=COCCO1)C(=O)Nc1ccc([N+](=O)[O-])cc1C(F)(F)F. The number of nitro benzene ring substituents is 1. The quantitative estimate of drug-likeness (QED) is 0.466. The second-order valence-corrected chi connectivity index (χ2v) is 5.22. The molecule has 1 amide bonds. The van der Waals surface area contributed by atoms with Crippen LogP contribution in [0, 0.1) is 10.1 Å². The number of hydrogen-bond acceptors (Lipinski definition) is 7. The highest BCUT2D eigenvalue weighted by molar-refractivity contribution is 5.97. The second kappa shape index (κ2) is 7.93. The van der Waals surface area contributed by atoms with Gasteiger partial charge in [0.15, 0.2) is 6.10 Å². The largest absolute Gasteiger partial charge is 0.493 e. The van der Waals surface area contributed by atoms with Crippen molar-refractivity contribution in [1.29, 1.82) is 0 Å². The van der Waals surface area contributed by atoms with Crippen molar-refractivity contribution in [2.75, 3.05) is 18.5 Å². The predicted molar refractivity (Wildman–Crippen MR) is 82.3 cm³/mol. The van der Waals surface area contributed by atoms with Crippen molar-refractivity contribution in [3.63, 3.8) is 0 Å². The molecule has 1 aromatic carbocycles. The van der Waals surface area contributed by atoms with E-state index in [1.807, 2.05) is 5.32 Å². The number of nitrogens with zero attached hydrogens (tertiary/aromatic N) is 1. The predicted octanol–water partition coefficient (Wildman–Crippen LogP) is 2.37. The average molecular weight is 390 g/mol. The number of carbonyl (C=O) groups excluding carboxylic acids is 2. The Kier molecular flexibility index (Phi) is 5.88. The molecule has 0 fully saturated rings. The van der Waals surface area contributed by atoms with Crippen LogP contribution in [0.2, 0.25) is 0 Å². The van der Waals surface area contributed by atoms with Gasteiger partial charge < -0.3 is 19.5 Å². The number of nitrogens with one attached hydrogen (secondary N) is 1. The van der Waals surface area contributed by atoms with Crippen molar-refractivity contribution < 1.29 is 41.9 Å². The third kappa shape index (κ3) is 5.09. The number of amides is 1. The van der Waals surface area contributed by atoms with Gasteiger partial charge >= 0.3 is 12.1 Å². The summed E-state index contributed by atoms with van der Waals surface area (Å²) >= 11 is 0. The molecular weight excluding hydrogens is 377 g/mol. The zero-order chi connectivity index (χ0) is 20.2. The summed E-state index contributed by atoms with van der Waals surface area (Å²) < 4.78 is 53.9. The summed E-state index contributed by atoms with van der Waals surface area (Å²) in [6.45, 7) is 1.46. The number of carbonyl (C=O) groups is 2. The van der Waals surface area contributed by atoms with Gasteiger partial charge in [-0.15, -0.1) is 0 Å². The fraction of sp³-hybridized carbons (Fsp3) is 0.333. The number of rotatable bonds is 5. The molecule has 1 N–H and O–H groups in total. The molecule has 1 atom stereocenters. The van der Waals surface area contributed by atoms with E-state index in [1.165, 1.54) is 0 Å². The number of anilines is 1. The molecule has 9 nitrogen and oxygen atoms in total. The average Bonchev–Trinajstić information content (AvgIpc) is 2.61. The summed E-state index contributed by atoms with van der Waals surface area (Å²) in [5.41, 5.74) is -2.91. The second-order valence-electron chi connectivity index (χ2n) is 5.22. The van der Waals surface area contributed by atoms with Gasteiger partial charge in [0.2, 0.25) is 5.76 Å². The topological polar surface area (TPSA) is 117 Å². The Morgan fingerprint density at radius 1 is 1.33 bits per heavy atom. The minimum Gasteiger partial charge on any atom is -0.493 e. The molecule has 0 aliphatic carbocycles. The lowest BCUT2D eigenvalue weighted by molar-refractivity contribution is -0.385. The highest BCUT2D eigenvalue weighted by Crippen LogP contribution is 2.37. The van der Waals surface area contributed by atoms with Crippen LogP contribution in [-0.4, -0.2) is 36.1 Å². The molecule has 146 valence electrons. The molecule has 27 heavy (non-hydrogen) atoms. The third-order valence-electron chi connectivity index (χ3n) is 3.28. The van der Waals surface area contributed by atoms with E-state index in [4.69, 9.17) is 14.2 Å². The van der Waals surface area contributed by atoms with Gasteiger partial charge in [-0.05, 0) is 13.0 Å². The van der Waals surface area contributed by atoms with E-state index >= 15 is 0 Å². The van der Waals surface area contributed by atoms with E-state index in [1.54, 1.807) is 0 Å². The zero-order valence-electron chi connectivity index (χ0n) is 13.7. The molecule has 1 heterocycles. The summed E-state index contributed by atoms with van der Waals surface area (Å²) in [6, 6.07) is 1.85. The molecule has 12 heteroatoms. The van der Waals surface area contributed by atoms with E-state index in [-0.39, 0.29) is 19.0 Å². The third-order valence-corrected chi connectivity index (χ3v) is 3.28. The number of alkyl halides is 3. The van der Waals surface area contributed by atoms with E-state index in [2.05, 4.69) is 0 Å². The summed E-state index contributed by atoms with van der Waals surface area (Å²) in [5, 5.41) is 12.6. The zero-order valence-corrected chi connectivity index (χ0v) is 13.7. The Bertz CT molecular complexity index is 792. The van der Waals surface area contributed by atoms with Crippen LogP contribution in [0.5, 0.6) is 0 Å². The Hall–Kier alpha value is -3.31. The summed E-state index contributed by atoms with van der Waals surface area (Å²) in [5.74, 6) is -2.38. The van der Waals surface area contributed by atoms with Gasteiger partial charge in [-0.25, -0.2) is 4.79 Å². The maximum absolute atomic E-state index is 13.1. The number of non-ortho nitro benzene ring substituents is 1. The lowest BCUT2D eigenvalue weighted by Gasteiger charge is -2.18. The number of benzene rings is 1. The van der Waals surface area contributed by atoms with Gasteiger partial charge in [-0.1, -0.05) is 0 Å². The van der Waals surface area contributed by atoms with Gasteiger partial charge in [0.05, 0.1) is 16.2 Å². The van der Waals surface area contributed by atoms with E-state index in [0.717, 1.165) is 25.3 Å². The Morgan fingerprint density at radius 3 is 2.59 bits per heavy atom. The number of nitro groups is 1. The molecule has 0 spiro atoms. The Labute approximate surface area is 149 Å². The number of hydrogen-bond donors (Lipinski definition) is 1. The van der Waals surface area contributed by atoms with Crippen molar-refractivity contribution >= 4 is 23.3 Å². The van der Waals surface area contributed by atoms with E-state index in [9.17, 15) is 32.9 Å². The highest BCUT2D eigenvalue weighted by Gasteiger charge is 2.36. The van der Waals surface area contributed by atoms with Crippen LogP contribution in [0.15, 0.2) is 30.2 Å². The minimum absolute atomic E-state index is 0.0965. The van der Waals surface area contributed by atoms with Gasteiger partial charge in [0.25, 0.3) is 11.6 Å². The van der Waals surface area contributed by atoms with Crippen molar-refractivity contribution in [2.45, 2.75) is 19.2 Å². The molecule has 0 radical (unpaired) electrons. The first-order chi connectivity index (χ1) is 12.6. The fourth-order valence-corrected chi connectivity index (χ4v) is 1.97. The molecule has 1 aliphatic rings. The van der Waals surface area contributed by atoms with Gasteiger partial charge in [0, 0.05) is 12.1 Å². The van der Waals surface area contributed by atoms with Crippen LogP contribution in [-0.2, 0) is 30.0 Å². The molecule has 0 saturated carbocycles. The maximum Gasteiger partial charge on any atom is 0.418 e. The van der Waals surface area contributed by atoms with Crippen LogP contribution >= 0.6 is 0 Å². The van der Waals surface area contributed by atoms with Crippen LogP contribution in [0.3, 0.4) is 0 Å². The Morgan fingerprint density at radius 2 is 2.04 bits per heavy atom. The summed E-state index contributed by atoms with van der Waals surface area (Å²) in [6.07, 6.45) is -5.43. The van der Waals surface area contributed by atoms with Crippen molar-refractivity contribution in [1.82, 2.24) is 0 Å². The van der Waals surface area contributed by atoms with Crippen LogP contribution in [0.1, 0.15) is 12.5 Å². The van der Waals surface area contributed by atoms with Crippen LogP contribution in [0.4, 0.5) is 24.5 Å². The fourth-order valence-electron chi connectivity index (χ4n) is 1.97. The number of halogens is 3. The number of esters is 1. The maximum atomic E-state index is 13.1. The van der Waals surface area contributed by atoms with Crippen LogP contribution < -0.4 is 5.32 Å². The van der Waals surface area contributed by atoms with Crippen molar-refractivity contribution in [3.05, 3.63) is 45.9 Å². The van der Waals surface area contributed by atoms with Crippen molar-refractivity contribution in [3.8, 4) is 0 Å². The molecule has 2 rings (SSSR count). The van der Waals surface area contributed by atoms with Gasteiger partial charge in [0.1, 0.15) is 19.5 Å². The molecule has 1 unspecified atom stereocenters. The molecular formula is C15H13F3N2O7. The first kappa shape index (κ1) is 20.0. The summed E-state index contributed by atoms with van der Waals surface area (Å²) in [4.78, 5) is 33.5. The van der Waals surface area contributed by atoms with E-state index in [0.29, 0.717) is 6.07 Å².